The number of methoxy groups -OCH3 is 1. The number of hydrogen-bond acceptors (Lipinski definition) is 4. The zero-order valence-corrected chi connectivity index (χ0v) is 11.7. The molecular formula is C15H17NO4. The Hall–Kier alpha value is -2.30. The second-order valence-electron chi connectivity index (χ2n) is 4.63. The SMILES string of the molecule is COC(=O)[C@@H](OC(C)=O)[C@H](C)c1c[nH]c2ccccc12. The Bertz CT molecular complexity index is 632. The number of ether oxygens (including phenoxy) is 2. The molecule has 2 atom stereocenters. The Morgan fingerprint density at radius 2 is 1.95 bits per heavy atom. The number of aromatic nitrogens is 1. The number of nitrogens with one attached hydrogen (secondary N) is 1. The van der Waals surface area contributed by atoms with Gasteiger partial charge >= 0.3 is 11.9 Å². The Kier molecular flexibility index (Phi) is 4.08. The smallest absolute Gasteiger partial charge is 0.347 e. The number of carbonyl (C=O) groups is 2. The molecule has 0 saturated carbocycles. The van der Waals surface area contributed by atoms with Crippen LogP contribution in [0, 0.1) is 0 Å². The second kappa shape index (κ2) is 5.77. The van der Waals surface area contributed by atoms with E-state index in [2.05, 4.69) is 4.98 Å². The van der Waals surface area contributed by atoms with Crippen LogP contribution >= 0.6 is 0 Å². The largest absolute Gasteiger partial charge is 0.466 e. The van der Waals surface area contributed by atoms with E-state index in [0.717, 1.165) is 16.5 Å². The van der Waals surface area contributed by atoms with Gasteiger partial charge in [0.05, 0.1) is 7.11 Å². The third-order valence-electron chi connectivity index (χ3n) is 3.29. The summed E-state index contributed by atoms with van der Waals surface area (Å²) in [6.45, 7) is 3.11. The van der Waals surface area contributed by atoms with E-state index in [1.54, 1.807) is 0 Å². The van der Waals surface area contributed by atoms with Crippen molar-refractivity contribution in [2.45, 2.75) is 25.9 Å². The summed E-state index contributed by atoms with van der Waals surface area (Å²) in [5.74, 6) is -1.37. The number of hydrogen-bond donors (Lipinski definition) is 1. The zero-order chi connectivity index (χ0) is 14.7. The minimum absolute atomic E-state index is 0.303. The molecule has 0 aliphatic heterocycles. The summed E-state index contributed by atoms with van der Waals surface area (Å²) in [5.41, 5.74) is 1.89. The van der Waals surface area contributed by atoms with Gasteiger partial charge in [0.1, 0.15) is 0 Å². The highest BCUT2D eigenvalue weighted by molar-refractivity contribution is 5.86. The minimum atomic E-state index is -0.947. The van der Waals surface area contributed by atoms with E-state index in [-0.39, 0.29) is 5.92 Å². The van der Waals surface area contributed by atoms with E-state index in [9.17, 15) is 9.59 Å². The molecule has 0 bridgehead atoms. The van der Waals surface area contributed by atoms with Gasteiger partial charge in [-0.25, -0.2) is 4.79 Å². The highest BCUT2D eigenvalue weighted by Crippen LogP contribution is 2.29. The predicted molar refractivity (Wildman–Crippen MR) is 74.3 cm³/mol. The lowest BCUT2D eigenvalue weighted by atomic mass is 9.94. The van der Waals surface area contributed by atoms with Crippen molar-refractivity contribution in [1.82, 2.24) is 4.98 Å². The van der Waals surface area contributed by atoms with Crippen LogP contribution in [0.3, 0.4) is 0 Å². The van der Waals surface area contributed by atoms with Crippen molar-refractivity contribution in [3.63, 3.8) is 0 Å². The number of aromatic amines is 1. The number of H-pyrrole nitrogens is 1. The molecular weight excluding hydrogens is 258 g/mol. The van der Waals surface area contributed by atoms with E-state index >= 15 is 0 Å². The van der Waals surface area contributed by atoms with Gasteiger partial charge in [-0.2, -0.15) is 0 Å². The molecule has 2 aromatic rings. The number of para-hydroxylation sites is 1. The van der Waals surface area contributed by atoms with Gasteiger partial charge < -0.3 is 14.5 Å². The molecule has 20 heavy (non-hydrogen) atoms. The minimum Gasteiger partial charge on any atom is -0.466 e. The summed E-state index contributed by atoms with van der Waals surface area (Å²) in [6.07, 6.45) is 0.881. The van der Waals surface area contributed by atoms with Gasteiger partial charge in [0.2, 0.25) is 6.10 Å². The van der Waals surface area contributed by atoms with Crippen LogP contribution in [0.1, 0.15) is 25.3 Å². The Labute approximate surface area is 116 Å². The van der Waals surface area contributed by atoms with Gasteiger partial charge in [-0.05, 0) is 11.6 Å². The molecule has 1 heterocycles. The molecule has 0 aliphatic carbocycles. The maximum absolute atomic E-state index is 11.8. The average Bonchev–Trinajstić information content (AvgIpc) is 2.87. The normalized spacial score (nSPS) is 13.8. The van der Waals surface area contributed by atoms with Crippen LogP contribution in [-0.4, -0.2) is 30.1 Å². The fourth-order valence-corrected chi connectivity index (χ4v) is 2.28. The van der Waals surface area contributed by atoms with Gasteiger partial charge in [0, 0.05) is 29.9 Å². The van der Waals surface area contributed by atoms with Crippen LogP contribution in [0.15, 0.2) is 30.5 Å². The molecule has 5 nitrogen and oxygen atoms in total. The number of rotatable bonds is 4. The summed E-state index contributed by atoms with van der Waals surface area (Å²) in [4.78, 5) is 26.1. The zero-order valence-electron chi connectivity index (χ0n) is 11.7. The van der Waals surface area contributed by atoms with E-state index in [0.29, 0.717) is 0 Å². The number of benzene rings is 1. The third-order valence-corrected chi connectivity index (χ3v) is 3.29. The van der Waals surface area contributed by atoms with Crippen molar-refractivity contribution >= 4 is 22.8 Å². The highest BCUT2D eigenvalue weighted by Gasteiger charge is 2.31. The molecule has 5 heteroatoms. The van der Waals surface area contributed by atoms with Crippen molar-refractivity contribution in [2.24, 2.45) is 0 Å². The van der Waals surface area contributed by atoms with Crippen LogP contribution in [-0.2, 0) is 19.1 Å². The van der Waals surface area contributed by atoms with Crippen molar-refractivity contribution in [2.75, 3.05) is 7.11 Å². The quantitative estimate of drug-likeness (QED) is 0.870. The molecule has 0 saturated heterocycles. The lowest BCUT2D eigenvalue weighted by Crippen LogP contribution is -2.32. The summed E-state index contributed by atoms with van der Waals surface area (Å²) < 4.78 is 9.83. The van der Waals surface area contributed by atoms with Crippen LogP contribution < -0.4 is 0 Å². The Balaban J connectivity index is 2.38. The highest BCUT2D eigenvalue weighted by atomic mass is 16.6. The van der Waals surface area contributed by atoms with Crippen LogP contribution in [0.4, 0.5) is 0 Å². The molecule has 0 aliphatic rings. The van der Waals surface area contributed by atoms with Crippen molar-refractivity contribution < 1.29 is 19.1 Å². The van der Waals surface area contributed by atoms with Gasteiger partial charge in [-0.15, -0.1) is 0 Å². The summed E-state index contributed by atoms with van der Waals surface area (Å²) in [7, 11) is 1.28. The van der Waals surface area contributed by atoms with Crippen molar-refractivity contribution in [3.8, 4) is 0 Å². The molecule has 0 amide bonds. The Morgan fingerprint density at radius 3 is 2.60 bits per heavy atom. The number of carbonyl (C=O) groups excluding carboxylic acids is 2. The van der Waals surface area contributed by atoms with Crippen molar-refractivity contribution in [1.29, 1.82) is 0 Å². The fraction of sp³-hybridized carbons (Fsp3) is 0.333. The Morgan fingerprint density at radius 1 is 1.25 bits per heavy atom. The fourth-order valence-electron chi connectivity index (χ4n) is 2.28. The van der Waals surface area contributed by atoms with Gasteiger partial charge in [0.25, 0.3) is 0 Å². The number of esters is 2. The maximum atomic E-state index is 11.8. The number of fused-ring (bicyclic) bond motifs is 1. The monoisotopic (exact) mass is 275 g/mol. The van der Waals surface area contributed by atoms with Crippen LogP contribution in [0.5, 0.6) is 0 Å². The topological polar surface area (TPSA) is 68.4 Å². The standard InChI is InChI=1S/C15H17NO4/c1-9(14(15(18)19-3)20-10(2)17)12-8-16-13-7-5-4-6-11(12)13/h4-9,14,16H,1-3H3/t9-,14+/m1/s1. The van der Waals surface area contributed by atoms with Gasteiger partial charge in [-0.3, -0.25) is 4.79 Å². The van der Waals surface area contributed by atoms with E-state index in [1.165, 1.54) is 14.0 Å². The lowest BCUT2D eigenvalue weighted by molar-refractivity contribution is -0.166. The van der Waals surface area contributed by atoms with Gasteiger partial charge in [0.15, 0.2) is 0 Å². The summed E-state index contributed by atoms with van der Waals surface area (Å²) >= 11 is 0. The molecule has 2 rings (SSSR count). The maximum Gasteiger partial charge on any atom is 0.347 e. The van der Waals surface area contributed by atoms with Crippen LogP contribution in [0.2, 0.25) is 0 Å². The van der Waals surface area contributed by atoms with E-state index < -0.39 is 18.0 Å². The first-order valence-electron chi connectivity index (χ1n) is 6.35. The lowest BCUT2D eigenvalue weighted by Gasteiger charge is -2.21. The molecule has 0 unspecified atom stereocenters. The molecule has 0 fully saturated rings. The van der Waals surface area contributed by atoms with Gasteiger partial charge in [-0.1, -0.05) is 25.1 Å². The van der Waals surface area contributed by atoms with E-state index in [1.807, 2.05) is 37.4 Å². The first kappa shape index (κ1) is 14.1. The second-order valence-corrected chi connectivity index (χ2v) is 4.63. The summed E-state index contributed by atoms with van der Waals surface area (Å²) in [5, 5.41) is 1.00. The van der Waals surface area contributed by atoms with Crippen molar-refractivity contribution in [3.05, 3.63) is 36.0 Å². The molecule has 106 valence electrons. The molecule has 1 N–H and O–H groups in total. The molecule has 0 radical (unpaired) electrons. The third kappa shape index (κ3) is 2.66. The molecule has 0 spiro atoms. The molecule has 1 aromatic heterocycles. The summed E-state index contributed by atoms with van der Waals surface area (Å²) in [6, 6.07) is 7.76. The first-order valence-corrected chi connectivity index (χ1v) is 6.35. The average molecular weight is 275 g/mol. The first-order chi connectivity index (χ1) is 9.54. The predicted octanol–water partition coefficient (Wildman–Crippen LogP) is 2.38. The van der Waals surface area contributed by atoms with Crippen LogP contribution in [0.25, 0.3) is 10.9 Å². The molecule has 1 aromatic carbocycles. The van der Waals surface area contributed by atoms with E-state index in [4.69, 9.17) is 9.47 Å².